The number of rotatable bonds is 10. The van der Waals surface area contributed by atoms with E-state index in [2.05, 4.69) is 25.3 Å². The van der Waals surface area contributed by atoms with Crippen molar-refractivity contribution >= 4 is 11.8 Å². The number of guanidine groups is 1. The van der Waals surface area contributed by atoms with Crippen LogP contribution in [-0.4, -0.2) is 45.3 Å². The highest BCUT2D eigenvalue weighted by atomic mass is 19.3. The minimum absolute atomic E-state index is 0.0729. The smallest absolute Gasteiger partial charge is 0.387 e. The molecule has 164 valence electrons. The number of pyridine rings is 1. The van der Waals surface area contributed by atoms with Gasteiger partial charge in [-0.3, -0.25) is 4.99 Å². The SMILES string of the molecule is CCCOc1ccc(CNC(=NC)NCc2cccnc2N(C)C)c(OC(F)F)c1. The Morgan fingerprint density at radius 1 is 1.17 bits per heavy atom. The van der Waals surface area contributed by atoms with Crippen LogP contribution in [0.4, 0.5) is 14.6 Å². The van der Waals surface area contributed by atoms with Gasteiger partial charge in [-0.15, -0.1) is 0 Å². The van der Waals surface area contributed by atoms with E-state index in [-0.39, 0.29) is 12.3 Å². The number of hydrogen-bond donors (Lipinski definition) is 2. The normalized spacial score (nSPS) is 11.4. The van der Waals surface area contributed by atoms with Gasteiger partial charge in [0.1, 0.15) is 17.3 Å². The highest BCUT2D eigenvalue weighted by molar-refractivity contribution is 5.79. The molecule has 0 radical (unpaired) electrons. The topological polar surface area (TPSA) is 71.0 Å². The summed E-state index contributed by atoms with van der Waals surface area (Å²) in [4.78, 5) is 10.5. The van der Waals surface area contributed by atoms with Gasteiger partial charge in [0.15, 0.2) is 5.96 Å². The molecule has 0 saturated carbocycles. The molecule has 0 spiro atoms. The Hall–Kier alpha value is -3.10. The van der Waals surface area contributed by atoms with E-state index in [1.165, 1.54) is 6.07 Å². The van der Waals surface area contributed by atoms with Crippen LogP contribution in [0.5, 0.6) is 11.5 Å². The average Bonchev–Trinajstić information content (AvgIpc) is 2.73. The molecule has 0 aliphatic carbocycles. The van der Waals surface area contributed by atoms with Crippen LogP contribution in [0.1, 0.15) is 24.5 Å². The number of nitrogens with zero attached hydrogens (tertiary/aromatic N) is 3. The highest BCUT2D eigenvalue weighted by Gasteiger charge is 2.12. The summed E-state index contributed by atoms with van der Waals surface area (Å²) in [5.41, 5.74) is 1.57. The number of hydrogen-bond acceptors (Lipinski definition) is 5. The standard InChI is InChI=1S/C21H29F2N5O2/c1-5-11-29-17-9-8-15(18(12-17)30-20(22)23)13-26-21(24-2)27-14-16-7-6-10-25-19(16)28(3)4/h6-10,12,20H,5,11,13-14H2,1-4H3,(H2,24,26,27). The van der Waals surface area contributed by atoms with Crippen LogP contribution >= 0.6 is 0 Å². The van der Waals surface area contributed by atoms with Gasteiger partial charge < -0.3 is 25.0 Å². The molecule has 0 aliphatic heterocycles. The number of nitrogens with one attached hydrogen (secondary N) is 2. The van der Waals surface area contributed by atoms with E-state index in [9.17, 15) is 8.78 Å². The molecule has 0 fully saturated rings. The minimum Gasteiger partial charge on any atom is -0.493 e. The maximum absolute atomic E-state index is 12.8. The molecule has 2 aromatic rings. The second-order valence-electron chi connectivity index (χ2n) is 6.66. The molecule has 1 aromatic heterocycles. The van der Waals surface area contributed by atoms with Crippen molar-refractivity contribution in [1.29, 1.82) is 0 Å². The van der Waals surface area contributed by atoms with Gasteiger partial charge in [-0.25, -0.2) is 4.98 Å². The third kappa shape index (κ3) is 7.06. The summed E-state index contributed by atoms with van der Waals surface area (Å²) >= 11 is 0. The van der Waals surface area contributed by atoms with E-state index in [0.717, 1.165) is 17.8 Å². The van der Waals surface area contributed by atoms with E-state index in [4.69, 9.17) is 4.74 Å². The maximum Gasteiger partial charge on any atom is 0.387 e. The van der Waals surface area contributed by atoms with Crippen LogP contribution in [0.25, 0.3) is 0 Å². The van der Waals surface area contributed by atoms with Crippen molar-refractivity contribution in [3.8, 4) is 11.5 Å². The van der Waals surface area contributed by atoms with Crippen LogP contribution in [0.15, 0.2) is 41.5 Å². The van der Waals surface area contributed by atoms with Crippen molar-refractivity contribution < 1.29 is 18.3 Å². The molecular formula is C21H29F2N5O2. The Balaban J connectivity index is 2.03. The number of halogens is 2. The zero-order valence-corrected chi connectivity index (χ0v) is 17.8. The molecule has 2 rings (SSSR count). The first-order valence-electron chi connectivity index (χ1n) is 9.70. The first-order chi connectivity index (χ1) is 14.4. The number of anilines is 1. The second kappa shape index (κ2) is 11.8. The van der Waals surface area contributed by atoms with E-state index in [1.54, 1.807) is 25.4 Å². The summed E-state index contributed by atoms with van der Waals surface area (Å²) in [7, 11) is 5.50. The minimum atomic E-state index is -2.92. The van der Waals surface area contributed by atoms with Gasteiger partial charge in [0.05, 0.1) is 6.61 Å². The van der Waals surface area contributed by atoms with Crippen molar-refractivity contribution in [2.24, 2.45) is 4.99 Å². The molecule has 0 amide bonds. The molecule has 9 heteroatoms. The summed E-state index contributed by atoms with van der Waals surface area (Å²) in [6.07, 6.45) is 2.56. The quantitative estimate of drug-likeness (QED) is 0.453. The maximum atomic E-state index is 12.8. The van der Waals surface area contributed by atoms with Gasteiger partial charge >= 0.3 is 6.61 Å². The molecule has 2 N–H and O–H groups in total. The van der Waals surface area contributed by atoms with Crippen molar-refractivity contribution in [3.05, 3.63) is 47.7 Å². The number of ether oxygens (including phenoxy) is 2. The van der Waals surface area contributed by atoms with Crippen LogP contribution in [0, 0.1) is 0 Å². The largest absolute Gasteiger partial charge is 0.493 e. The van der Waals surface area contributed by atoms with Crippen molar-refractivity contribution in [1.82, 2.24) is 15.6 Å². The summed E-state index contributed by atoms with van der Waals surface area (Å²) in [6.45, 7) is 0.318. The molecule has 0 atom stereocenters. The van der Waals surface area contributed by atoms with Crippen molar-refractivity contribution in [2.45, 2.75) is 33.0 Å². The fourth-order valence-electron chi connectivity index (χ4n) is 2.75. The lowest BCUT2D eigenvalue weighted by Crippen LogP contribution is -2.36. The van der Waals surface area contributed by atoms with Crippen LogP contribution < -0.4 is 25.0 Å². The number of aliphatic imine (C=N–C) groups is 1. The van der Waals surface area contributed by atoms with Crippen molar-refractivity contribution in [3.63, 3.8) is 0 Å². The van der Waals surface area contributed by atoms with Gasteiger partial charge in [0.2, 0.25) is 0 Å². The summed E-state index contributed by atoms with van der Waals surface area (Å²) in [5, 5.41) is 6.33. The predicted octanol–water partition coefficient (Wildman–Crippen LogP) is 3.40. The fourth-order valence-corrected chi connectivity index (χ4v) is 2.75. The third-order valence-electron chi connectivity index (χ3n) is 4.13. The molecule has 30 heavy (non-hydrogen) atoms. The molecule has 0 unspecified atom stereocenters. The Labute approximate surface area is 176 Å². The molecule has 0 bridgehead atoms. The Morgan fingerprint density at radius 2 is 1.90 bits per heavy atom. The van der Waals surface area contributed by atoms with Crippen LogP contribution in [0.2, 0.25) is 0 Å². The van der Waals surface area contributed by atoms with Crippen LogP contribution in [-0.2, 0) is 13.1 Å². The summed E-state index contributed by atoms with van der Waals surface area (Å²) in [5.74, 6) is 1.95. The number of benzene rings is 1. The Kier molecular flexibility index (Phi) is 9.11. The Morgan fingerprint density at radius 3 is 2.53 bits per heavy atom. The molecule has 0 aliphatic rings. The van der Waals surface area contributed by atoms with Gasteiger partial charge in [-0.1, -0.05) is 13.0 Å². The van der Waals surface area contributed by atoms with Gasteiger partial charge in [0, 0.05) is 57.6 Å². The molecule has 0 saturated heterocycles. The summed E-state index contributed by atoms with van der Waals surface area (Å²) < 4.78 is 35.8. The lowest BCUT2D eigenvalue weighted by atomic mass is 10.2. The number of alkyl halides is 2. The van der Waals surface area contributed by atoms with Gasteiger partial charge in [0.25, 0.3) is 0 Å². The average molecular weight is 421 g/mol. The molecule has 1 aromatic carbocycles. The van der Waals surface area contributed by atoms with E-state index < -0.39 is 6.61 Å². The first-order valence-corrected chi connectivity index (χ1v) is 9.70. The zero-order valence-electron chi connectivity index (χ0n) is 17.8. The second-order valence-corrected chi connectivity index (χ2v) is 6.66. The monoisotopic (exact) mass is 421 g/mol. The van der Waals surface area contributed by atoms with E-state index in [0.29, 0.717) is 30.4 Å². The number of aromatic nitrogens is 1. The van der Waals surface area contributed by atoms with Gasteiger partial charge in [-0.2, -0.15) is 8.78 Å². The van der Waals surface area contributed by atoms with E-state index in [1.807, 2.05) is 38.1 Å². The molecule has 7 nitrogen and oxygen atoms in total. The predicted molar refractivity (Wildman–Crippen MR) is 114 cm³/mol. The summed E-state index contributed by atoms with van der Waals surface area (Å²) in [6, 6.07) is 8.77. The lowest BCUT2D eigenvalue weighted by molar-refractivity contribution is -0.0505. The molecule has 1 heterocycles. The van der Waals surface area contributed by atoms with Crippen LogP contribution in [0.3, 0.4) is 0 Å². The van der Waals surface area contributed by atoms with Gasteiger partial charge in [-0.05, 0) is 24.6 Å². The zero-order chi connectivity index (χ0) is 21.9. The third-order valence-corrected chi connectivity index (χ3v) is 4.13. The van der Waals surface area contributed by atoms with E-state index >= 15 is 0 Å². The molecular weight excluding hydrogens is 392 g/mol. The Bertz CT molecular complexity index is 831. The first kappa shape index (κ1) is 23.2. The van der Waals surface area contributed by atoms with Crippen molar-refractivity contribution in [2.75, 3.05) is 32.6 Å². The lowest BCUT2D eigenvalue weighted by Gasteiger charge is -2.18. The fraction of sp³-hybridized carbons (Fsp3) is 0.429. The highest BCUT2D eigenvalue weighted by Crippen LogP contribution is 2.26.